The topological polar surface area (TPSA) is 55.1 Å². The van der Waals surface area contributed by atoms with Crippen LogP contribution < -0.4 is 11.1 Å². The van der Waals surface area contributed by atoms with Crippen LogP contribution in [0.1, 0.15) is 20.3 Å². The Morgan fingerprint density at radius 1 is 1.59 bits per heavy atom. The average molecular weight is 256 g/mol. The van der Waals surface area contributed by atoms with Gasteiger partial charge < -0.3 is 11.1 Å². The Labute approximate surface area is 105 Å². The van der Waals surface area contributed by atoms with Crippen LogP contribution in [-0.2, 0) is 4.79 Å². The molecule has 0 aromatic heterocycles. The molecule has 0 spiro atoms. The van der Waals surface area contributed by atoms with Gasteiger partial charge in [-0.05, 0) is 31.5 Å². The van der Waals surface area contributed by atoms with Crippen molar-refractivity contribution in [1.29, 1.82) is 0 Å². The molecule has 1 unspecified atom stereocenters. The Morgan fingerprint density at radius 2 is 2.29 bits per heavy atom. The lowest BCUT2D eigenvalue weighted by Crippen LogP contribution is -2.31. The Morgan fingerprint density at radius 3 is 2.88 bits per heavy atom. The molecule has 1 amide bonds. The minimum atomic E-state index is -0.366. The van der Waals surface area contributed by atoms with Crippen molar-refractivity contribution in [2.24, 2.45) is 0 Å². The molecule has 0 saturated heterocycles. The SMILES string of the molecule is CCCNC(=O)C(C)Sc1ccc(F)cc1N. The normalized spacial score (nSPS) is 12.2. The number of anilines is 1. The van der Waals surface area contributed by atoms with E-state index in [1.807, 2.05) is 6.92 Å². The van der Waals surface area contributed by atoms with Crippen molar-refractivity contribution in [3.8, 4) is 0 Å². The Kier molecular flexibility index (Phi) is 5.28. The summed E-state index contributed by atoms with van der Waals surface area (Å²) in [6.07, 6.45) is 0.905. The Hall–Kier alpha value is -1.23. The lowest BCUT2D eigenvalue weighted by Gasteiger charge is -2.12. The predicted molar refractivity (Wildman–Crippen MR) is 69.4 cm³/mol. The van der Waals surface area contributed by atoms with E-state index in [4.69, 9.17) is 5.73 Å². The number of carbonyl (C=O) groups excluding carboxylic acids is 1. The second-order valence-electron chi connectivity index (χ2n) is 3.73. The third-order valence-corrected chi connectivity index (χ3v) is 3.39. The number of nitrogens with one attached hydrogen (secondary N) is 1. The van der Waals surface area contributed by atoms with Gasteiger partial charge in [0.2, 0.25) is 5.91 Å². The molecular formula is C12H17FN2OS. The van der Waals surface area contributed by atoms with Crippen molar-refractivity contribution >= 4 is 23.4 Å². The summed E-state index contributed by atoms with van der Waals surface area (Å²) in [6, 6.07) is 4.20. The van der Waals surface area contributed by atoms with E-state index in [0.717, 1.165) is 11.3 Å². The van der Waals surface area contributed by atoms with Crippen molar-refractivity contribution in [3.63, 3.8) is 0 Å². The van der Waals surface area contributed by atoms with Gasteiger partial charge in [0.1, 0.15) is 5.82 Å². The van der Waals surface area contributed by atoms with Gasteiger partial charge in [-0.3, -0.25) is 4.79 Å². The molecule has 5 heteroatoms. The molecule has 0 bridgehead atoms. The predicted octanol–water partition coefficient (Wildman–Crippen LogP) is 2.41. The number of nitrogen functional groups attached to an aromatic ring is 1. The van der Waals surface area contributed by atoms with E-state index in [-0.39, 0.29) is 17.0 Å². The number of amides is 1. The number of halogens is 1. The van der Waals surface area contributed by atoms with Crippen LogP contribution in [0.3, 0.4) is 0 Å². The average Bonchev–Trinajstić information content (AvgIpc) is 2.29. The molecule has 1 aromatic carbocycles. The summed E-state index contributed by atoms with van der Waals surface area (Å²) in [6.45, 7) is 4.47. The highest BCUT2D eigenvalue weighted by molar-refractivity contribution is 8.00. The number of hydrogen-bond donors (Lipinski definition) is 2. The molecule has 1 rings (SSSR count). The molecule has 0 aliphatic carbocycles. The van der Waals surface area contributed by atoms with Crippen LogP contribution in [0.25, 0.3) is 0 Å². The van der Waals surface area contributed by atoms with Crippen LogP contribution in [0.5, 0.6) is 0 Å². The van der Waals surface area contributed by atoms with Crippen molar-refractivity contribution in [2.45, 2.75) is 30.4 Å². The highest BCUT2D eigenvalue weighted by atomic mass is 32.2. The first-order valence-corrected chi connectivity index (χ1v) is 6.42. The second-order valence-corrected chi connectivity index (χ2v) is 5.12. The van der Waals surface area contributed by atoms with Crippen molar-refractivity contribution in [2.75, 3.05) is 12.3 Å². The monoisotopic (exact) mass is 256 g/mol. The van der Waals surface area contributed by atoms with E-state index >= 15 is 0 Å². The van der Waals surface area contributed by atoms with Crippen LogP contribution in [-0.4, -0.2) is 17.7 Å². The van der Waals surface area contributed by atoms with Gasteiger partial charge in [0, 0.05) is 17.1 Å². The van der Waals surface area contributed by atoms with Crippen LogP contribution >= 0.6 is 11.8 Å². The van der Waals surface area contributed by atoms with E-state index in [1.165, 1.54) is 23.9 Å². The molecule has 17 heavy (non-hydrogen) atoms. The van der Waals surface area contributed by atoms with Crippen LogP contribution in [0.2, 0.25) is 0 Å². The van der Waals surface area contributed by atoms with Crippen molar-refractivity contribution in [1.82, 2.24) is 5.32 Å². The van der Waals surface area contributed by atoms with Crippen LogP contribution in [0.15, 0.2) is 23.1 Å². The molecule has 0 radical (unpaired) electrons. The highest BCUT2D eigenvalue weighted by Crippen LogP contribution is 2.29. The molecule has 1 aromatic rings. The molecule has 1 atom stereocenters. The summed E-state index contributed by atoms with van der Waals surface area (Å²) in [5.41, 5.74) is 6.04. The molecule has 94 valence electrons. The molecule has 3 nitrogen and oxygen atoms in total. The van der Waals surface area contributed by atoms with E-state index < -0.39 is 0 Å². The second kappa shape index (κ2) is 6.49. The quantitative estimate of drug-likeness (QED) is 0.628. The zero-order valence-corrected chi connectivity index (χ0v) is 10.8. The van der Waals surface area contributed by atoms with Gasteiger partial charge in [-0.2, -0.15) is 0 Å². The van der Waals surface area contributed by atoms with E-state index in [0.29, 0.717) is 12.2 Å². The molecule has 0 aliphatic heterocycles. The minimum absolute atomic E-state index is 0.0272. The Bertz CT molecular complexity index is 398. The smallest absolute Gasteiger partial charge is 0.233 e. The van der Waals surface area contributed by atoms with E-state index in [1.54, 1.807) is 13.0 Å². The number of hydrogen-bond acceptors (Lipinski definition) is 3. The van der Waals surface area contributed by atoms with Gasteiger partial charge in [-0.15, -0.1) is 11.8 Å². The number of carbonyl (C=O) groups is 1. The third-order valence-electron chi connectivity index (χ3n) is 2.19. The zero-order chi connectivity index (χ0) is 12.8. The first-order chi connectivity index (χ1) is 8.04. The number of nitrogens with two attached hydrogens (primary N) is 1. The van der Waals surface area contributed by atoms with E-state index in [2.05, 4.69) is 5.32 Å². The van der Waals surface area contributed by atoms with Gasteiger partial charge in [0.15, 0.2) is 0 Å². The molecule has 0 heterocycles. The Balaban J connectivity index is 2.61. The van der Waals surface area contributed by atoms with Crippen LogP contribution in [0, 0.1) is 5.82 Å². The number of rotatable bonds is 5. The van der Waals surface area contributed by atoms with Crippen molar-refractivity contribution in [3.05, 3.63) is 24.0 Å². The first kappa shape index (κ1) is 13.8. The van der Waals surface area contributed by atoms with Crippen LogP contribution in [0.4, 0.5) is 10.1 Å². The fourth-order valence-electron chi connectivity index (χ4n) is 1.26. The summed E-state index contributed by atoms with van der Waals surface area (Å²) in [4.78, 5) is 12.4. The first-order valence-electron chi connectivity index (χ1n) is 5.54. The number of benzene rings is 1. The maximum absolute atomic E-state index is 12.8. The summed E-state index contributed by atoms with van der Waals surface area (Å²) < 4.78 is 12.8. The van der Waals surface area contributed by atoms with Crippen molar-refractivity contribution < 1.29 is 9.18 Å². The van der Waals surface area contributed by atoms with Gasteiger partial charge in [-0.1, -0.05) is 6.92 Å². The lowest BCUT2D eigenvalue weighted by molar-refractivity contribution is -0.120. The van der Waals surface area contributed by atoms with Gasteiger partial charge in [0.25, 0.3) is 0 Å². The zero-order valence-electron chi connectivity index (χ0n) is 10.00. The largest absolute Gasteiger partial charge is 0.398 e. The summed E-state index contributed by atoms with van der Waals surface area (Å²) in [5.74, 6) is -0.393. The molecular weight excluding hydrogens is 239 g/mol. The highest BCUT2D eigenvalue weighted by Gasteiger charge is 2.15. The number of thioether (sulfide) groups is 1. The van der Waals surface area contributed by atoms with Gasteiger partial charge in [-0.25, -0.2) is 4.39 Å². The fraction of sp³-hybridized carbons (Fsp3) is 0.417. The summed E-state index contributed by atoms with van der Waals surface area (Å²) in [7, 11) is 0. The van der Waals surface area contributed by atoms with Gasteiger partial charge in [0.05, 0.1) is 5.25 Å². The lowest BCUT2D eigenvalue weighted by atomic mass is 10.3. The molecule has 0 fully saturated rings. The maximum Gasteiger partial charge on any atom is 0.233 e. The molecule has 0 saturated carbocycles. The standard InChI is InChI=1S/C12H17FN2OS/c1-3-6-15-12(16)8(2)17-11-5-4-9(13)7-10(11)14/h4-5,7-8H,3,6,14H2,1-2H3,(H,15,16). The van der Waals surface area contributed by atoms with Gasteiger partial charge >= 0.3 is 0 Å². The summed E-state index contributed by atoms with van der Waals surface area (Å²) in [5, 5.41) is 2.57. The molecule has 0 aliphatic rings. The fourth-order valence-corrected chi connectivity index (χ4v) is 2.18. The molecule has 3 N–H and O–H groups in total. The summed E-state index contributed by atoms with van der Waals surface area (Å²) >= 11 is 1.33. The maximum atomic E-state index is 12.8. The minimum Gasteiger partial charge on any atom is -0.398 e. The van der Waals surface area contributed by atoms with E-state index in [9.17, 15) is 9.18 Å². The third kappa shape index (κ3) is 4.26.